The Labute approximate surface area is 707 Å². The summed E-state index contributed by atoms with van der Waals surface area (Å²) in [5.41, 5.74) is 24.6. The topological polar surface area (TPSA) is 151 Å². The van der Waals surface area contributed by atoms with Gasteiger partial charge in [0.15, 0.2) is 17.3 Å². The maximum Gasteiger partial charge on any atom is 0.155 e. The number of thiophene rings is 3. The average Bonchev–Trinajstić information content (AvgIpc) is 1.58. The van der Waals surface area contributed by atoms with Gasteiger partial charge in [-0.3, -0.25) is 14.4 Å². The zero-order chi connectivity index (χ0) is 79.1. The van der Waals surface area contributed by atoms with Gasteiger partial charge in [0.2, 0.25) is 0 Å². The molecule has 585 valence electrons. The second kappa shape index (κ2) is 42.2. The van der Waals surface area contributed by atoms with Crippen LogP contribution in [0.5, 0.6) is 0 Å². The predicted octanol–water partition coefficient (Wildman–Crippen LogP) is 27.2. The van der Waals surface area contributed by atoms with Gasteiger partial charge in [0.1, 0.15) is 0 Å². The summed E-state index contributed by atoms with van der Waals surface area (Å²) in [6, 6.07) is 59.6. The molecular weight excluding hydrogens is 1950 g/mol. The number of nitrogens with zero attached hydrogens (tertiary/aromatic N) is 3. The van der Waals surface area contributed by atoms with Gasteiger partial charge < -0.3 is 30.3 Å². The summed E-state index contributed by atoms with van der Waals surface area (Å²) in [5, 5.41) is 28.8. The van der Waals surface area contributed by atoms with Crippen LogP contribution in [-0.2, 0) is 85.5 Å². The Kier molecular flexibility index (Phi) is 36.3. The minimum atomic E-state index is -0.125. The Morgan fingerprint density at radius 1 is 0.391 bits per heavy atom. The van der Waals surface area contributed by atoms with Crippen molar-refractivity contribution in [2.45, 2.75) is 195 Å². The van der Waals surface area contributed by atoms with Crippen molar-refractivity contribution in [2.24, 2.45) is 0 Å². The molecule has 0 saturated heterocycles. The molecule has 110 heavy (non-hydrogen) atoms. The molecular formula is C95H106Ir3N3O6S3-3. The van der Waals surface area contributed by atoms with E-state index >= 15 is 0 Å². The summed E-state index contributed by atoms with van der Waals surface area (Å²) in [7, 11) is 0. The number of pyridine rings is 3. The van der Waals surface area contributed by atoms with E-state index in [2.05, 4.69) is 281 Å². The quantitative estimate of drug-likeness (QED) is 0.0617. The van der Waals surface area contributed by atoms with Gasteiger partial charge in [-0.2, -0.15) is 0 Å². The first-order valence-corrected chi connectivity index (χ1v) is 38.8. The van der Waals surface area contributed by atoms with Crippen molar-refractivity contribution in [3.63, 3.8) is 0 Å². The van der Waals surface area contributed by atoms with Gasteiger partial charge in [-0.05, 0) is 178 Å². The molecule has 0 saturated carbocycles. The van der Waals surface area contributed by atoms with Crippen molar-refractivity contribution in [1.82, 2.24) is 15.0 Å². The molecule has 6 aromatic carbocycles. The summed E-state index contributed by atoms with van der Waals surface area (Å²) in [6.07, 6.45) is 9.53. The van der Waals surface area contributed by atoms with Crippen LogP contribution in [0.3, 0.4) is 0 Å². The number of carbonyl (C=O) groups excluding carboxylic acids is 3. The fourth-order valence-electron chi connectivity index (χ4n) is 12.2. The van der Waals surface area contributed by atoms with E-state index in [9.17, 15) is 14.4 Å². The van der Waals surface area contributed by atoms with Crippen molar-refractivity contribution >= 4 is 81.6 Å². The summed E-state index contributed by atoms with van der Waals surface area (Å²) < 4.78 is 3.68. The van der Waals surface area contributed by atoms with Crippen LogP contribution in [0.1, 0.15) is 204 Å². The fraction of sp³-hybridized carbons (Fsp3) is 0.305. The normalized spacial score (nSPS) is 11.5. The second-order valence-electron chi connectivity index (χ2n) is 30.8. The van der Waals surface area contributed by atoms with E-state index in [0.717, 1.165) is 50.5 Å². The zero-order valence-electron chi connectivity index (χ0n) is 68.0. The summed E-state index contributed by atoms with van der Waals surface area (Å²) in [4.78, 5) is 48.2. The van der Waals surface area contributed by atoms with E-state index < -0.39 is 0 Å². The molecule has 0 spiro atoms. The fourth-order valence-corrected chi connectivity index (χ4v) is 15.3. The molecule has 0 aliphatic rings. The molecule has 9 nitrogen and oxygen atoms in total. The number of benzene rings is 6. The molecule has 3 N–H and O–H groups in total. The van der Waals surface area contributed by atoms with Crippen molar-refractivity contribution in [2.75, 3.05) is 0 Å². The number of rotatable bonds is 12. The summed E-state index contributed by atoms with van der Waals surface area (Å²) in [6.45, 7) is 48.5. The van der Waals surface area contributed by atoms with Crippen molar-refractivity contribution in [3.05, 3.63) is 267 Å². The first kappa shape index (κ1) is 94.6. The number of allylic oxidation sites excluding steroid dienone is 6. The van der Waals surface area contributed by atoms with Crippen LogP contribution in [0.25, 0.3) is 95.4 Å². The Morgan fingerprint density at radius 3 is 0.973 bits per heavy atom. The molecule has 3 radical (unpaired) electrons. The minimum absolute atomic E-state index is 0. The maximum atomic E-state index is 10.0. The Morgan fingerprint density at radius 2 is 0.700 bits per heavy atom. The van der Waals surface area contributed by atoms with E-state index in [4.69, 9.17) is 25.3 Å². The number of hydrogen-bond donors (Lipinski definition) is 3. The molecule has 15 heteroatoms. The van der Waals surface area contributed by atoms with E-state index in [-0.39, 0.29) is 106 Å². The molecule has 0 bridgehead atoms. The maximum absolute atomic E-state index is 10.0. The first-order chi connectivity index (χ1) is 50.1. The van der Waals surface area contributed by atoms with E-state index in [1.165, 1.54) is 166 Å². The largest absolute Gasteiger partial charge is 0.512 e. The number of aryl methyl sites for hydroxylation is 6. The average molecular weight is 2060 g/mol. The number of fused-ring (bicyclic) bond motifs is 3. The van der Waals surface area contributed by atoms with Crippen molar-refractivity contribution in [3.8, 4) is 65.1 Å². The van der Waals surface area contributed by atoms with Crippen LogP contribution in [-0.4, -0.2) is 47.6 Å². The van der Waals surface area contributed by atoms with Gasteiger partial charge in [0.25, 0.3) is 0 Å². The van der Waals surface area contributed by atoms with Crippen molar-refractivity contribution in [1.29, 1.82) is 0 Å². The van der Waals surface area contributed by atoms with Gasteiger partial charge in [-0.1, -0.05) is 191 Å². The van der Waals surface area contributed by atoms with Crippen LogP contribution in [0.2, 0.25) is 0 Å². The Bertz CT molecular complexity index is 5050. The molecule has 12 aromatic rings. The van der Waals surface area contributed by atoms with E-state index in [1.54, 1.807) is 11.3 Å². The number of carbonyl (C=O) groups is 3. The summed E-state index contributed by atoms with van der Waals surface area (Å²) >= 11 is 5.48. The van der Waals surface area contributed by atoms with Crippen LogP contribution in [0.15, 0.2) is 188 Å². The van der Waals surface area contributed by atoms with Crippen LogP contribution in [0.4, 0.5) is 0 Å². The molecule has 12 rings (SSSR count). The Balaban J connectivity index is 0.000000304. The molecule has 6 aromatic heterocycles. The van der Waals surface area contributed by atoms with Gasteiger partial charge in [-0.15, -0.1) is 139 Å². The third-order valence-corrected chi connectivity index (χ3v) is 20.5. The van der Waals surface area contributed by atoms with Crippen LogP contribution < -0.4 is 0 Å². The molecule has 0 aliphatic heterocycles. The standard InChI is InChI=1S/C29H32NS.C27H28NS.C24H22NS.3C5H8O2.3Ir/c1-18-9-19(2)11-20(10-18)25-14-22-15-26(31-27(22)17-30-25)21-12-23(28(3,4)5)16-24(13-21)29(6,7)8;1-16(2)22-8-7-9-23(17(3)4)27(22)25-14-21-13-24(28-15-26(21)29-25)20-11-18(5)10-19(6)12-20;1-15(2)18-5-7-19(8-6-18)23-13-21-12-22(25-14-24(21)26-23)20-10-16(3)9-17(4)11-20;3*1-4(6)3-5(2)7;;;/h9-10,12-17H,1-8H3;7-11,13-17H,1-6H3;5-10,12-15H,1-4H3;3*3,6H,1-2H3;;;/q3*-1;;;;;;. The van der Waals surface area contributed by atoms with Crippen LogP contribution in [0, 0.1) is 59.7 Å². The van der Waals surface area contributed by atoms with E-state index in [1.807, 2.05) is 41.3 Å². The number of aliphatic hydroxyl groups excluding tert-OH is 3. The second-order valence-corrected chi connectivity index (χ2v) is 34.1. The number of ketones is 3. The SMILES string of the molecule is CC(=O)C=C(C)O.CC(=O)C=C(C)O.CC(=O)C=C(C)O.Cc1[c-]c(-c2cc3cc(-c4c(C(C)C)cccc4C(C)C)sc3cn2)cc(C)c1.Cc1[c-]c(-c2cc3cc(-c4cc(C(C)(C)C)cc(C(C)(C)C)c4)sc3cn2)cc(C)c1.Cc1[c-]c(-c2cc3cc(-c4ccc(C(C)C)cc4)sc3cn2)cc(C)c1.[Ir].[Ir].[Ir]. The third kappa shape index (κ3) is 28.2. The molecule has 0 unspecified atom stereocenters. The number of aromatic nitrogens is 3. The monoisotopic (exact) mass is 2060 g/mol. The summed E-state index contributed by atoms with van der Waals surface area (Å²) in [5.74, 6) is 1.36. The van der Waals surface area contributed by atoms with Gasteiger partial charge in [0.05, 0.1) is 31.4 Å². The smallest absolute Gasteiger partial charge is 0.155 e. The molecule has 0 fully saturated rings. The third-order valence-electron chi connectivity index (χ3n) is 17.2. The number of hydrogen-bond acceptors (Lipinski definition) is 12. The van der Waals surface area contributed by atoms with Crippen LogP contribution >= 0.6 is 34.0 Å². The molecule has 0 amide bonds. The Hall–Kier alpha value is -7.77. The molecule has 0 aliphatic carbocycles. The van der Waals surface area contributed by atoms with Gasteiger partial charge in [-0.25, -0.2) is 0 Å². The zero-order valence-corrected chi connectivity index (χ0v) is 77.7. The van der Waals surface area contributed by atoms with Gasteiger partial charge >= 0.3 is 0 Å². The number of aliphatic hydroxyl groups is 3. The molecule has 0 atom stereocenters. The van der Waals surface area contributed by atoms with Crippen molar-refractivity contribution < 1.29 is 90.0 Å². The minimum Gasteiger partial charge on any atom is -0.512 e. The predicted molar refractivity (Wildman–Crippen MR) is 457 cm³/mol. The van der Waals surface area contributed by atoms with Gasteiger partial charge in [0, 0.05) is 112 Å². The van der Waals surface area contributed by atoms with E-state index in [0.29, 0.717) is 17.8 Å². The first-order valence-electron chi connectivity index (χ1n) is 36.4. The molecule has 6 heterocycles.